The molecule has 1 aromatic carbocycles. The molecule has 0 aliphatic rings. The molecule has 0 aliphatic heterocycles. The number of hydrogen-bond acceptors (Lipinski definition) is 5. The summed E-state index contributed by atoms with van der Waals surface area (Å²) in [5.41, 5.74) is 0.386. The van der Waals surface area contributed by atoms with Crippen LogP contribution < -0.4 is 15.2 Å². The van der Waals surface area contributed by atoms with E-state index in [1.807, 2.05) is 0 Å². The Hall–Kier alpha value is -2.97. The van der Waals surface area contributed by atoms with Crippen molar-refractivity contribution in [3.8, 4) is 5.75 Å². The standard InChI is InChI=1S/C15H15F2N3O4/c16-10-3-4-13(12(17)6-10)24-9-14(21)19-11-7-18-20(8-11)5-1-2-15(22)23/h3-4,6-8H,1-2,5,9H2,(H,19,21)(H,22,23)/p-1. The molecule has 1 aromatic heterocycles. The molecule has 0 unspecified atom stereocenters. The van der Waals surface area contributed by atoms with Crippen LogP contribution in [-0.4, -0.2) is 28.3 Å². The highest BCUT2D eigenvalue weighted by molar-refractivity contribution is 5.91. The zero-order valence-electron chi connectivity index (χ0n) is 12.5. The fraction of sp³-hybridized carbons (Fsp3) is 0.267. The van der Waals surface area contributed by atoms with Crippen molar-refractivity contribution >= 4 is 17.6 Å². The number of anilines is 1. The minimum absolute atomic E-state index is 0.0847. The minimum Gasteiger partial charge on any atom is -0.550 e. The van der Waals surface area contributed by atoms with Gasteiger partial charge < -0.3 is 20.0 Å². The third-order valence-corrected chi connectivity index (χ3v) is 2.94. The second-order valence-corrected chi connectivity index (χ2v) is 4.88. The molecular formula is C15H14F2N3O4-. The van der Waals surface area contributed by atoms with Crippen LogP contribution in [0.1, 0.15) is 12.8 Å². The number of aliphatic carboxylic acids is 1. The molecule has 0 fully saturated rings. The van der Waals surface area contributed by atoms with Gasteiger partial charge in [-0.15, -0.1) is 0 Å². The molecule has 0 saturated carbocycles. The first-order valence-corrected chi connectivity index (χ1v) is 7.04. The molecule has 0 atom stereocenters. The van der Waals surface area contributed by atoms with Crippen LogP contribution in [0.2, 0.25) is 0 Å². The number of carboxylic acid groups (broad SMARTS) is 1. The zero-order valence-corrected chi connectivity index (χ0v) is 12.5. The zero-order chi connectivity index (χ0) is 17.5. The van der Waals surface area contributed by atoms with Gasteiger partial charge in [-0.25, -0.2) is 8.78 Å². The lowest BCUT2D eigenvalue weighted by Crippen LogP contribution is -2.22. The molecule has 2 aromatic rings. The van der Waals surface area contributed by atoms with E-state index < -0.39 is 30.1 Å². The Morgan fingerprint density at radius 3 is 2.83 bits per heavy atom. The number of hydrogen-bond donors (Lipinski definition) is 1. The normalized spacial score (nSPS) is 10.4. The molecule has 1 amide bonds. The van der Waals surface area contributed by atoms with Crippen molar-refractivity contribution in [2.24, 2.45) is 0 Å². The van der Waals surface area contributed by atoms with Crippen molar-refractivity contribution in [1.82, 2.24) is 9.78 Å². The van der Waals surface area contributed by atoms with Gasteiger partial charge in [0.25, 0.3) is 5.91 Å². The predicted octanol–water partition coefficient (Wildman–Crippen LogP) is 0.709. The summed E-state index contributed by atoms with van der Waals surface area (Å²) < 4.78 is 32.5. The van der Waals surface area contributed by atoms with Gasteiger partial charge in [0.2, 0.25) is 0 Å². The SMILES string of the molecule is O=C([O-])CCCn1cc(NC(=O)COc2ccc(F)cc2F)cn1. The van der Waals surface area contributed by atoms with Gasteiger partial charge >= 0.3 is 0 Å². The Labute approximate surface area is 135 Å². The molecule has 0 spiro atoms. The Balaban J connectivity index is 1.80. The number of nitrogens with one attached hydrogen (secondary N) is 1. The first-order valence-electron chi connectivity index (χ1n) is 7.04. The predicted molar refractivity (Wildman–Crippen MR) is 77.0 cm³/mol. The summed E-state index contributed by atoms with van der Waals surface area (Å²) in [7, 11) is 0. The average Bonchev–Trinajstić information content (AvgIpc) is 2.93. The number of aromatic nitrogens is 2. The van der Waals surface area contributed by atoms with Gasteiger partial charge in [-0.3, -0.25) is 9.48 Å². The lowest BCUT2D eigenvalue weighted by atomic mass is 10.3. The number of rotatable bonds is 8. The van der Waals surface area contributed by atoms with Crippen molar-refractivity contribution < 1.29 is 28.2 Å². The summed E-state index contributed by atoms with van der Waals surface area (Å²) in [6.07, 6.45) is 3.17. The largest absolute Gasteiger partial charge is 0.550 e. The number of aryl methyl sites for hydroxylation is 1. The van der Waals surface area contributed by atoms with Gasteiger partial charge in [0.1, 0.15) is 5.82 Å². The summed E-state index contributed by atoms with van der Waals surface area (Å²) in [5, 5.41) is 16.8. The quantitative estimate of drug-likeness (QED) is 0.765. The Morgan fingerprint density at radius 2 is 2.12 bits per heavy atom. The lowest BCUT2D eigenvalue weighted by Gasteiger charge is -2.07. The average molecular weight is 338 g/mol. The van der Waals surface area contributed by atoms with Crippen molar-refractivity contribution in [3.05, 3.63) is 42.2 Å². The molecule has 1 N–H and O–H groups in total. The van der Waals surface area contributed by atoms with Gasteiger partial charge in [-0.1, -0.05) is 0 Å². The number of ether oxygens (including phenoxy) is 1. The molecule has 128 valence electrons. The van der Waals surface area contributed by atoms with Crippen LogP contribution in [-0.2, 0) is 16.1 Å². The van der Waals surface area contributed by atoms with E-state index in [0.29, 0.717) is 24.7 Å². The van der Waals surface area contributed by atoms with Crippen molar-refractivity contribution in [3.63, 3.8) is 0 Å². The van der Waals surface area contributed by atoms with Crippen molar-refractivity contribution in [2.45, 2.75) is 19.4 Å². The number of carbonyl (C=O) groups excluding carboxylic acids is 2. The number of benzene rings is 1. The van der Waals surface area contributed by atoms with E-state index >= 15 is 0 Å². The molecule has 0 bridgehead atoms. The third-order valence-electron chi connectivity index (χ3n) is 2.94. The number of carboxylic acids is 1. The maximum atomic E-state index is 13.3. The third kappa shape index (κ3) is 5.34. The topological polar surface area (TPSA) is 96.3 Å². The minimum atomic E-state index is -1.14. The van der Waals surface area contributed by atoms with Crippen LogP contribution in [0.15, 0.2) is 30.6 Å². The van der Waals surface area contributed by atoms with Gasteiger partial charge in [-0.05, 0) is 25.0 Å². The summed E-state index contributed by atoms with van der Waals surface area (Å²) in [5.74, 6) is -3.56. The highest BCUT2D eigenvalue weighted by atomic mass is 19.1. The Morgan fingerprint density at radius 1 is 1.33 bits per heavy atom. The van der Waals surface area contributed by atoms with E-state index in [-0.39, 0.29) is 12.2 Å². The van der Waals surface area contributed by atoms with Gasteiger partial charge in [0.05, 0.1) is 11.9 Å². The van der Waals surface area contributed by atoms with Crippen LogP contribution in [0.5, 0.6) is 5.75 Å². The summed E-state index contributed by atoms with van der Waals surface area (Å²) >= 11 is 0. The maximum Gasteiger partial charge on any atom is 0.262 e. The summed E-state index contributed by atoms with van der Waals surface area (Å²) in [6, 6.07) is 2.77. The van der Waals surface area contributed by atoms with E-state index in [2.05, 4.69) is 10.4 Å². The van der Waals surface area contributed by atoms with Crippen LogP contribution in [0.3, 0.4) is 0 Å². The highest BCUT2D eigenvalue weighted by Crippen LogP contribution is 2.17. The summed E-state index contributed by atoms with van der Waals surface area (Å²) in [6.45, 7) is -0.0977. The molecule has 2 rings (SSSR count). The first kappa shape index (κ1) is 17.4. The fourth-order valence-electron chi connectivity index (χ4n) is 1.87. The number of nitrogens with zero attached hydrogens (tertiary/aromatic N) is 2. The van der Waals surface area contributed by atoms with Crippen LogP contribution in [0.4, 0.5) is 14.5 Å². The summed E-state index contributed by atoms with van der Waals surface area (Å²) in [4.78, 5) is 22.0. The first-order chi connectivity index (χ1) is 11.4. The lowest BCUT2D eigenvalue weighted by molar-refractivity contribution is -0.305. The molecule has 7 nitrogen and oxygen atoms in total. The van der Waals surface area contributed by atoms with Crippen LogP contribution in [0, 0.1) is 11.6 Å². The number of halogens is 2. The number of carbonyl (C=O) groups is 2. The molecule has 24 heavy (non-hydrogen) atoms. The maximum absolute atomic E-state index is 13.3. The monoisotopic (exact) mass is 338 g/mol. The molecule has 0 saturated heterocycles. The fourth-order valence-corrected chi connectivity index (χ4v) is 1.87. The molecular weight excluding hydrogens is 324 g/mol. The van der Waals surface area contributed by atoms with E-state index in [0.717, 1.165) is 12.1 Å². The molecule has 0 radical (unpaired) electrons. The van der Waals surface area contributed by atoms with E-state index in [1.165, 1.54) is 17.1 Å². The molecule has 0 aliphatic carbocycles. The smallest absolute Gasteiger partial charge is 0.262 e. The Bertz CT molecular complexity index is 733. The van der Waals surface area contributed by atoms with Gasteiger partial charge in [0, 0.05) is 24.8 Å². The van der Waals surface area contributed by atoms with Gasteiger partial charge in [0.15, 0.2) is 18.2 Å². The van der Waals surface area contributed by atoms with Crippen LogP contribution >= 0.6 is 0 Å². The van der Waals surface area contributed by atoms with E-state index in [1.54, 1.807) is 0 Å². The van der Waals surface area contributed by atoms with E-state index in [9.17, 15) is 23.5 Å². The van der Waals surface area contributed by atoms with Crippen molar-refractivity contribution in [2.75, 3.05) is 11.9 Å². The molecule has 9 heteroatoms. The number of amides is 1. The Kier molecular flexibility index (Phi) is 5.83. The highest BCUT2D eigenvalue weighted by Gasteiger charge is 2.09. The van der Waals surface area contributed by atoms with Crippen LogP contribution in [0.25, 0.3) is 0 Å². The van der Waals surface area contributed by atoms with E-state index in [4.69, 9.17) is 4.74 Å². The van der Waals surface area contributed by atoms with Gasteiger partial charge in [-0.2, -0.15) is 5.10 Å². The molecule has 1 heterocycles. The second kappa shape index (κ2) is 8.04. The van der Waals surface area contributed by atoms with Crippen molar-refractivity contribution in [1.29, 1.82) is 0 Å². The second-order valence-electron chi connectivity index (χ2n) is 4.88.